The number of aryl methyl sites for hydroxylation is 1. The van der Waals surface area contributed by atoms with Crippen molar-refractivity contribution < 1.29 is 0 Å². The number of hydrogen-bond donors (Lipinski definition) is 1. The Morgan fingerprint density at radius 3 is 2.61 bits per heavy atom. The topological polar surface area (TPSA) is 43.8 Å². The summed E-state index contributed by atoms with van der Waals surface area (Å²) < 4.78 is 2.04. The van der Waals surface area contributed by atoms with Crippen LogP contribution in [-0.4, -0.2) is 16.3 Å². The molecule has 3 heteroatoms. The van der Waals surface area contributed by atoms with Crippen LogP contribution in [0, 0.1) is 13.8 Å². The Morgan fingerprint density at radius 2 is 1.94 bits per heavy atom. The van der Waals surface area contributed by atoms with Crippen LogP contribution in [0.1, 0.15) is 22.5 Å². The monoisotopic (exact) mass is 241 g/mol. The Morgan fingerprint density at radius 1 is 1.22 bits per heavy atom. The molecule has 0 amide bonds. The molecule has 0 aliphatic rings. The first-order chi connectivity index (χ1) is 8.72. The first-order valence-corrected chi connectivity index (χ1v) is 6.17. The van der Waals surface area contributed by atoms with E-state index in [2.05, 4.69) is 42.4 Å². The van der Waals surface area contributed by atoms with Crippen LogP contribution in [0.25, 0.3) is 6.08 Å². The van der Waals surface area contributed by atoms with Gasteiger partial charge in [-0.1, -0.05) is 42.5 Å². The quantitative estimate of drug-likeness (QED) is 0.894. The van der Waals surface area contributed by atoms with Crippen LogP contribution in [0.4, 0.5) is 0 Å². The van der Waals surface area contributed by atoms with Gasteiger partial charge in [0.05, 0.1) is 12.2 Å². The maximum Gasteiger partial charge on any atom is 0.0668 e. The third-order valence-electron chi connectivity index (χ3n) is 3.03. The van der Waals surface area contributed by atoms with Crippen LogP contribution in [0.15, 0.2) is 36.4 Å². The molecule has 0 saturated heterocycles. The summed E-state index contributed by atoms with van der Waals surface area (Å²) in [6, 6.07) is 10.4. The molecule has 0 unspecified atom stereocenters. The number of rotatable bonds is 4. The Hall–Kier alpha value is -1.87. The van der Waals surface area contributed by atoms with Crippen LogP contribution in [0.2, 0.25) is 0 Å². The molecule has 18 heavy (non-hydrogen) atoms. The molecule has 0 spiro atoms. The minimum atomic E-state index is 0.558. The SMILES string of the molecule is Cc1nn(Cc2ccccc2)c(C)c1/C=C/CN. The Kier molecular flexibility index (Phi) is 3.95. The summed E-state index contributed by atoms with van der Waals surface area (Å²) in [4.78, 5) is 0. The number of nitrogens with two attached hydrogens (primary N) is 1. The molecule has 0 aliphatic heterocycles. The molecule has 3 nitrogen and oxygen atoms in total. The van der Waals surface area contributed by atoms with Gasteiger partial charge >= 0.3 is 0 Å². The summed E-state index contributed by atoms with van der Waals surface area (Å²) in [5.74, 6) is 0. The van der Waals surface area contributed by atoms with E-state index in [1.807, 2.05) is 23.7 Å². The lowest BCUT2D eigenvalue weighted by molar-refractivity contribution is 0.659. The van der Waals surface area contributed by atoms with Gasteiger partial charge in [0.15, 0.2) is 0 Å². The normalized spacial score (nSPS) is 11.3. The average molecular weight is 241 g/mol. The van der Waals surface area contributed by atoms with E-state index in [1.54, 1.807) is 0 Å². The second-order valence-electron chi connectivity index (χ2n) is 4.37. The van der Waals surface area contributed by atoms with Crippen LogP contribution in [-0.2, 0) is 6.54 Å². The molecule has 0 fully saturated rings. The molecule has 1 aromatic carbocycles. The number of benzene rings is 1. The fourth-order valence-electron chi connectivity index (χ4n) is 2.05. The van der Waals surface area contributed by atoms with Crippen molar-refractivity contribution in [3.8, 4) is 0 Å². The number of nitrogens with zero attached hydrogens (tertiary/aromatic N) is 2. The van der Waals surface area contributed by atoms with E-state index in [0.717, 1.165) is 12.2 Å². The first-order valence-electron chi connectivity index (χ1n) is 6.17. The predicted octanol–water partition coefficient (Wildman–Crippen LogP) is 2.52. The fraction of sp³-hybridized carbons (Fsp3) is 0.267. The number of hydrogen-bond acceptors (Lipinski definition) is 2. The second-order valence-corrected chi connectivity index (χ2v) is 4.37. The van der Waals surface area contributed by atoms with E-state index in [-0.39, 0.29) is 0 Å². The lowest BCUT2D eigenvalue weighted by Crippen LogP contribution is -2.03. The van der Waals surface area contributed by atoms with Gasteiger partial charge in [-0.05, 0) is 19.4 Å². The van der Waals surface area contributed by atoms with Crippen LogP contribution in [0.3, 0.4) is 0 Å². The summed E-state index contributed by atoms with van der Waals surface area (Å²) in [5.41, 5.74) is 10.2. The Labute approximate surface area is 108 Å². The lowest BCUT2D eigenvalue weighted by atomic mass is 10.2. The second kappa shape index (κ2) is 5.65. The van der Waals surface area contributed by atoms with Crippen molar-refractivity contribution in [3.05, 3.63) is 58.9 Å². The summed E-state index contributed by atoms with van der Waals surface area (Å²) in [7, 11) is 0. The van der Waals surface area contributed by atoms with E-state index < -0.39 is 0 Å². The average Bonchev–Trinajstić information content (AvgIpc) is 2.64. The van der Waals surface area contributed by atoms with E-state index in [0.29, 0.717) is 6.54 Å². The van der Waals surface area contributed by atoms with Gasteiger partial charge < -0.3 is 5.73 Å². The van der Waals surface area contributed by atoms with Gasteiger partial charge in [0.1, 0.15) is 0 Å². The minimum absolute atomic E-state index is 0.558. The fourth-order valence-corrected chi connectivity index (χ4v) is 2.05. The highest BCUT2D eigenvalue weighted by molar-refractivity contribution is 5.54. The van der Waals surface area contributed by atoms with E-state index >= 15 is 0 Å². The van der Waals surface area contributed by atoms with Crippen molar-refractivity contribution in [2.24, 2.45) is 5.73 Å². The van der Waals surface area contributed by atoms with Crippen molar-refractivity contribution in [1.29, 1.82) is 0 Å². The van der Waals surface area contributed by atoms with Gasteiger partial charge in [-0.25, -0.2) is 0 Å². The Bertz CT molecular complexity index is 538. The van der Waals surface area contributed by atoms with E-state index in [9.17, 15) is 0 Å². The standard InChI is InChI=1S/C15H19N3/c1-12-15(9-6-10-16)13(2)18(17-12)11-14-7-4-3-5-8-14/h3-9H,10-11,16H2,1-2H3/b9-6+. The molecule has 0 bridgehead atoms. The molecule has 0 saturated carbocycles. The third-order valence-corrected chi connectivity index (χ3v) is 3.03. The molecule has 2 rings (SSSR count). The molecule has 1 heterocycles. The summed E-state index contributed by atoms with van der Waals surface area (Å²) >= 11 is 0. The highest BCUT2D eigenvalue weighted by Gasteiger charge is 2.08. The zero-order valence-electron chi connectivity index (χ0n) is 10.9. The third kappa shape index (κ3) is 2.68. The molecule has 2 aromatic rings. The van der Waals surface area contributed by atoms with Gasteiger partial charge in [0.2, 0.25) is 0 Å². The molecule has 1 aromatic heterocycles. The van der Waals surface area contributed by atoms with Crippen LogP contribution >= 0.6 is 0 Å². The van der Waals surface area contributed by atoms with Crippen molar-refractivity contribution in [2.75, 3.05) is 6.54 Å². The largest absolute Gasteiger partial charge is 0.327 e. The van der Waals surface area contributed by atoms with Crippen LogP contribution < -0.4 is 5.73 Å². The molecular formula is C15H19N3. The minimum Gasteiger partial charge on any atom is -0.327 e. The predicted molar refractivity (Wildman–Crippen MR) is 75.3 cm³/mol. The van der Waals surface area contributed by atoms with Gasteiger partial charge in [0.25, 0.3) is 0 Å². The van der Waals surface area contributed by atoms with E-state index in [1.165, 1.54) is 16.8 Å². The smallest absolute Gasteiger partial charge is 0.0668 e. The molecule has 0 radical (unpaired) electrons. The summed E-state index contributed by atoms with van der Waals surface area (Å²) in [6.45, 7) is 5.50. The number of aromatic nitrogens is 2. The highest BCUT2D eigenvalue weighted by atomic mass is 15.3. The highest BCUT2D eigenvalue weighted by Crippen LogP contribution is 2.16. The lowest BCUT2D eigenvalue weighted by Gasteiger charge is -2.04. The Balaban J connectivity index is 2.27. The van der Waals surface area contributed by atoms with Gasteiger partial charge in [0, 0.05) is 17.8 Å². The molecule has 0 atom stereocenters. The van der Waals surface area contributed by atoms with Gasteiger partial charge in [-0.15, -0.1) is 0 Å². The summed E-state index contributed by atoms with van der Waals surface area (Å²) in [6.07, 6.45) is 4.02. The molecule has 0 aliphatic carbocycles. The van der Waals surface area contributed by atoms with Crippen molar-refractivity contribution in [3.63, 3.8) is 0 Å². The summed E-state index contributed by atoms with van der Waals surface area (Å²) in [5, 5.41) is 4.58. The van der Waals surface area contributed by atoms with Gasteiger partial charge in [-0.2, -0.15) is 5.10 Å². The van der Waals surface area contributed by atoms with Crippen molar-refractivity contribution in [2.45, 2.75) is 20.4 Å². The maximum atomic E-state index is 5.49. The van der Waals surface area contributed by atoms with Crippen molar-refractivity contribution >= 4 is 6.08 Å². The molecule has 2 N–H and O–H groups in total. The van der Waals surface area contributed by atoms with Gasteiger partial charge in [-0.3, -0.25) is 4.68 Å². The van der Waals surface area contributed by atoms with Crippen LogP contribution in [0.5, 0.6) is 0 Å². The zero-order chi connectivity index (χ0) is 13.0. The maximum absolute atomic E-state index is 5.49. The first kappa shape index (κ1) is 12.6. The van der Waals surface area contributed by atoms with Crippen molar-refractivity contribution in [1.82, 2.24) is 9.78 Å². The van der Waals surface area contributed by atoms with E-state index in [4.69, 9.17) is 5.73 Å². The molecule has 94 valence electrons. The zero-order valence-corrected chi connectivity index (χ0v) is 10.9. The molecular weight excluding hydrogens is 222 g/mol.